The molecule has 3 aliphatic heterocycles. The zero-order valence-electron chi connectivity index (χ0n) is 35.1. The number of amides is 1. The second-order valence-electron chi connectivity index (χ2n) is 18.2. The molecule has 5 heterocycles. The van der Waals surface area contributed by atoms with E-state index < -0.39 is 37.1 Å². The lowest BCUT2D eigenvalue weighted by Crippen LogP contribution is -2.54. The Morgan fingerprint density at radius 1 is 0.968 bits per heavy atom. The van der Waals surface area contributed by atoms with E-state index in [-0.39, 0.29) is 49.6 Å². The summed E-state index contributed by atoms with van der Waals surface area (Å²) in [6.07, 6.45) is 13.1. The number of fused-ring (bicyclic) bond motifs is 1. The maximum Gasteiger partial charge on any atom is 0.293 e. The summed E-state index contributed by atoms with van der Waals surface area (Å²) >= 11 is 0. The summed E-state index contributed by atoms with van der Waals surface area (Å²) in [7, 11) is -4.62. The molecule has 1 spiro atoms. The quantitative estimate of drug-likeness (QED) is 0.0763. The average molecular weight is 878 g/mol. The average Bonchev–Trinajstić information content (AvgIpc) is 3.82. The Morgan fingerprint density at radius 2 is 1.75 bits per heavy atom. The topological polar surface area (TPSA) is 172 Å². The van der Waals surface area contributed by atoms with Crippen LogP contribution in [0.25, 0.3) is 11.0 Å². The fraction of sp³-hybridized carbons (Fsp3) is 0.447. The molecule has 5 aliphatic rings. The van der Waals surface area contributed by atoms with Gasteiger partial charge in [-0.15, -0.1) is 0 Å². The summed E-state index contributed by atoms with van der Waals surface area (Å²) in [5.41, 5.74) is 2.64. The van der Waals surface area contributed by atoms with Gasteiger partial charge in [0.2, 0.25) is 0 Å². The molecule has 2 aromatic heterocycles. The molecule has 5 aromatic rings. The van der Waals surface area contributed by atoms with Crippen molar-refractivity contribution in [2.45, 2.75) is 92.8 Å². The maximum absolute atomic E-state index is 15.2. The number of pyridine rings is 1. The van der Waals surface area contributed by atoms with Gasteiger partial charge in [-0.25, -0.2) is 22.5 Å². The van der Waals surface area contributed by atoms with Crippen molar-refractivity contribution in [3.8, 4) is 11.5 Å². The molecule has 3 N–H and O–H groups in total. The molecule has 5 fully saturated rings. The number of hydrogen-bond donors (Lipinski definition) is 3. The predicted octanol–water partition coefficient (Wildman–Crippen LogP) is 8.78. The molecule has 16 heteroatoms. The zero-order chi connectivity index (χ0) is 43.3. The minimum absolute atomic E-state index is 0.0423. The second kappa shape index (κ2) is 16.5. The largest absolute Gasteiger partial charge is 0.455 e. The van der Waals surface area contributed by atoms with E-state index in [1.165, 1.54) is 50.8 Å². The van der Waals surface area contributed by atoms with Crippen molar-refractivity contribution in [2.24, 2.45) is 5.41 Å². The zero-order valence-corrected chi connectivity index (χ0v) is 35.9. The number of halogens is 1. The van der Waals surface area contributed by atoms with Crippen LogP contribution in [0.5, 0.6) is 11.5 Å². The maximum atomic E-state index is 15.2. The second-order valence-corrected chi connectivity index (χ2v) is 19.9. The molecule has 2 aliphatic carbocycles. The van der Waals surface area contributed by atoms with Crippen molar-refractivity contribution in [3.63, 3.8) is 0 Å². The van der Waals surface area contributed by atoms with Crippen molar-refractivity contribution in [3.05, 3.63) is 112 Å². The normalized spacial score (nSPS) is 21.3. The fourth-order valence-electron chi connectivity index (χ4n) is 10.4. The fourth-order valence-corrected chi connectivity index (χ4v) is 11.4. The third-order valence-corrected chi connectivity index (χ3v) is 15.5. The number of hydrogen-bond acceptors (Lipinski definition) is 11. The summed E-state index contributed by atoms with van der Waals surface area (Å²) < 4.78 is 56.3. The number of anilines is 2. The standard InChI is InChI=1S/C47H52FN7O7S/c48-47(16-22-61-23-17-47)30-51-40-12-10-36(26-42(40)55(57)58)63(59,60)52-45(56)39-11-9-33(25-43(39)62-35-24-32-13-18-49-44(32)50-29-35)53-20-14-46(15-21-53)27-34(28-46)54-19-3-6-41(54)38-5-2-1-4-37(38)31-7-8-31/h1-2,4-5,9-13,18,24-26,29,31,34,41,51H,3,6-8,14-17,19-23,27-28,30H2,(H,49,50)(H,52,56)/t41-/m1/s1. The van der Waals surface area contributed by atoms with Gasteiger partial charge in [0.15, 0.2) is 0 Å². The van der Waals surface area contributed by atoms with Gasteiger partial charge < -0.3 is 24.7 Å². The molecule has 2 saturated carbocycles. The lowest BCUT2D eigenvalue weighted by molar-refractivity contribution is -0.384. The lowest BCUT2D eigenvalue weighted by Gasteiger charge is -2.56. The summed E-state index contributed by atoms with van der Waals surface area (Å²) in [6.45, 7) is 3.10. The van der Waals surface area contributed by atoms with Crippen molar-refractivity contribution in [1.82, 2.24) is 19.6 Å². The third kappa shape index (κ3) is 8.47. The number of nitrogens with one attached hydrogen (secondary N) is 3. The van der Waals surface area contributed by atoms with Crippen LogP contribution in [0, 0.1) is 15.5 Å². The third-order valence-electron chi connectivity index (χ3n) is 14.2. The number of nitro groups is 1. The molecule has 10 rings (SSSR count). The van der Waals surface area contributed by atoms with Crippen molar-refractivity contribution < 1.29 is 32.0 Å². The van der Waals surface area contributed by atoms with Crippen LogP contribution in [0.4, 0.5) is 21.5 Å². The molecule has 14 nitrogen and oxygen atoms in total. The number of sulfonamides is 1. The van der Waals surface area contributed by atoms with Crippen LogP contribution < -0.4 is 19.7 Å². The summed E-state index contributed by atoms with van der Waals surface area (Å²) in [5.74, 6) is 0.241. The summed E-state index contributed by atoms with van der Waals surface area (Å²) in [4.78, 5) is 37.3. The predicted molar refractivity (Wildman–Crippen MR) is 237 cm³/mol. The van der Waals surface area contributed by atoms with Crippen LogP contribution in [0.1, 0.15) is 97.7 Å². The highest BCUT2D eigenvalue weighted by atomic mass is 32.2. The Kier molecular flexibility index (Phi) is 10.9. The Morgan fingerprint density at radius 3 is 2.51 bits per heavy atom. The molecule has 0 radical (unpaired) electrons. The SMILES string of the molecule is O=C(NS(=O)(=O)c1ccc(NCC2(F)CCOCC2)c([N+](=O)[O-])c1)c1ccc(N2CCC3(CC2)CC(N2CCC[C@@H]2c2ccccc2C2CC2)C3)cc1Oc1cnc2[nH]ccc2c1. The number of ether oxygens (including phenoxy) is 2. The van der Waals surface area contributed by atoms with E-state index in [4.69, 9.17) is 9.47 Å². The van der Waals surface area contributed by atoms with E-state index in [2.05, 4.69) is 54.1 Å². The molecule has 0 bridgehead atoms. The lowest BCUT2D eigenvalue weighted by atomic mass is 9.59. The number of nitrogens with zero attached hydrogens (tertiary/aromatic N) is 4. The molecular formula is C47H52FN7O7S. The number of H-pyrrole nitrogens is 1. The number of nitro benzene ring substituents is 1. The first-order valence-electron chi connectivity index (χ1n) is 22.2. The first-order chi connectivity index (χ1) is 30.4. The molecule has 330 valence electrons. The van der Waals surface area contributed by atoms with E-state index in [1.54, 1.807) is 41.6 Å². The van der Waals surface area contributed by atoms with Gasteiger partial charge in [0.05, 0.1) is 21.6 Å². The summed E-state index contributed by atoms with van der Waals surface area (Å²) in [6, 6.07) is 22.2. The van der Waals surface area contributed by atoms with Gasteiger partial charge in [0.25, 0.3) is 21.6 Å². The highest BCUT2D eigenvalue weighted by molar-refractivity contribution is 7.90. The summed E-state index contributed by atoms with van der Waals surface area (Å²) in [5, 5.41) is 15.6. The van der Waals surface area contributed by atoms with Crippen LogP contribution >= 0.6 is 0 Å². The number of carbonyl (C=O) groups excluding carboxylic acids is 1. The smallest absolute Gasteiger partial charge is 0.293 e. The van der Waals surface area contributed by atoms with Crippen molar-refractivity contribution in [2.75, 3.05) is 49.6 Å². The first kappa shape index (κ1) is 41.4. The van der Waals surface area contributed by atoms with Crippen molar-refractivity contribution >= 4 is 44.0 Å². The van der Waals surface area contributed by atoms with Crippen LogP contribution in [0.15, 0.2) is 90.1 Å². The molecule has 3 saturated heterocycles. The molecular weight excluding hydrogens is 826 g/mol. The van der Waals surface area contributed by atoms with Gasteiger partial charge in [-0.3, -0.25) is 19.8 Å². The Bertz CT molecular complexity index is 2650. The number of likely N-dealkylation sites (tertiary alicyclic amines) is 1. The van der Waals surface area contributed by atoms with Crippen LogP contribution in [-0.2, 0) is 14.8 Å². The number of piperidine rings is 1. The first-order valence-corrected chi connectivity index (χ1v) is 23.6. The molecule has 3 aromatic carbocycles. The van der Waals surface area contributed by atoms with Crippen LogP contribution in [0.3, 0.4) is 0 Å². The number of aromatic nitrogens is 2. The number of rotatable bonds is 13. The van der Waals surface area contributed by atoms with E-state index in [1.807, 2.05) is 6.07 Å². The Hall–Kier alpha value is -5.58. The van der Waals surface area contributed by atoms with Crippen LogP contribution in [-0.4, -0.2) is 85.2 Å². The van der Waals surface area contributed by atoms with E-state index in [0.29, 0.717) is 28.9 Å². The minimum Gasteiger partial charge on any atom is -0.455 e. The van der Waals surface area contributed by atoms with Gasteiger partial charge in [0, 0.05) is 87.2 Å². The number of aromatic amines is 1. The highest BCUT2D eigenvalue weighted by Crippen LogP contribution is 2.55. The van der Waals surface area contributed by atoms with Gasteiger partial charge in [-0.05, 0) is 117 Å². The van der Waals surface area contributed by atoms with Crippen LogP contribution in [0.2, 0.25) is 0 Å². The monoisotopic (exact) mass is 877 g/mol. The molecule has 1 amide bonds. The highest BCUT2D eigenvalue weighted by Gasteiger charge is 2.50. The number of carbonyl (C=O) groups is 1. The molecule has 63 heavy (non-hydrogen) atoms. The Balaban J connectivity index is 0.843. The Labute approximate surface area is 365 Å². The van der Waals surface area contributed by atoms with E-state index >= 15 is 4.39 Å². The van der Waals surface area contributed by atoms with Crippen molar-refractivity contribution in [1.29, 1.82) is 0 Å². The molecule has 0 unspecified atom stereocenters. The van der Waals surface area contributed by atoms with Gasteiger partial charge >= 0.3 is 0 Å². The van der Waals surface area contributed by atoms with Gasteiger partial charge in [0.1, 0.15) is 28.5 Å². The van der Waals surface area contributed by atoms with Gasteiger partial charge in [-0.2, -0.15) is 0 Å². The van der Waals surface area contributed by atoms with E-state index in [0.717, 1.165) is 61.6 Å². The minimum atomic E-state index is -4.62. The van der Waals surface area contributed by atoms with E-state index in [9.17, 15) is 23.3 Å². The number of alkyl halides is 1. The van der Waals surface area contributed by atoms with Gasteiger partial charge in [-0.1, -0.05) is 24.3 Å². The number of benzene rings is 3. The molecule has 1 atom stereocenters.